The van der Waals surface area contributed by atoms with Crippen LogP contribution in [0.4, 0.5) is 0 Å². The van der Waals surface area contributed by atoms with E-state index in [4.69, 9.17) is 4.74 Å². The molecule has 0 spiro atoms. The third-order valence-corrected chi connectivity index (χ3v) is 2.76. The minimum absolute atomic E-state index is 0.207. The van der Waals surface area contributed by atoms with Gasteiger partial charge >= 0.3 is 0 Å². The van der Waals surface area contributed by atoms with Gasteiger partial charge in [0.15, 0.2) is 5.90 Å². The third-order valence-electron chi connectivity index (χ3n) is 2.76. The molecule has 0 aromatic rings. The Kier molecular flexibility index (Phi) is 2.93. The Morgan fingerprint density at radius 1 is 1.60 bits per heavy atom. The molecule has 0 radical (unpaired) electrons. The molecule has 0 aromatic carbocycles. The Bertz CT molecular complexity index is 286. The van der Waals surface area contributed by atoms with Gasteiger partial charge in [0.2, 0.25) is 5.91 Å². The van der Waals surface area contributed by atoms with E-state index in [1.165, 1.54) is 0 Å². The monoisotopic (exact) mass is 210 g/mol. The van der Waals surface area contributed by atoms with Crippen LogP contribution in [0.15, 0.2) is 4.99 Å². The Balaban J connectivity index is 1.94. The lowest BCUT2D eigenvalue weighted by Gasteiger charge is -2.18. The summed E-state index contributed by atoms with van der Waals surface area (Å²) in [5, 5.41) is 0. The van der Waals surface area contributed by atoms with Crippen LogP contribution in [0.2, 0.25) is 0 Å². The maximum absolute atomic E-state index is 11.7. The molecule has 2 heterocycles. The average molecular weight is 210 g/mol. The molecule has 0 bridgehead atoms. The zero-order valence-corrected chi connectivity index (χ0v) is 9.40. The summed E-state index contributed by atoms with van der Waals surface area (Å²) in [7, 11) is 0. The number of likely N-dealkylation sites (tertiary alicyclic amines) is 1. The summed E-state index contributed by atoms with van der Waals surface area (Å²) in [5.41, 5.74) is 0. The number of hydrogen-bond acceptors (Lipinski definition) is 3. The van der Waals surface area contributed by atoms with E-state index in [0.29, 0.717) is 18.9 Å². The fourth-order valence-electron chi connectivity index (χ4n) is 2.15. The molecule has 4 heteroatoms. The molecule has 0 saturated carbocycles. The number of aliphatic imine (C=N–C) groups is 1. The number of carbonyl (C=O) groups excluding carboxylic acids is 1. The van der Waals surface area contributed by atoms with E-state index in [2.05, 4.69) is 18.8 Å². The Labute approximate surface area is 90.3 Å². The first kappa shape index (κ1) is 10.5. The van der Waals surface area contributed by atoms with Crippen LogP contribution in [0.25, 0.3) is 0 Å². The van der Waals surface area contributed by atoms with Gasteiger partial charge < -0.3 is 9.64 Å². The van der Waals surface area contributed by atoms with Crippen LogP contribution in [0, 0.1) is 11.8 Å². The van der Waals surface area contributed by atoms with Crippen molar-refractivity contribution in [1.82, 2.24) is 4.90 Å². The van der Waals surface area contributed by atoms with E-state index < -0.39 is 0 Å². The summed E-state index contributed by atoms with van der Waals surface area (Å²) in [6.45, 7) is 7.33. The highest BCUT2D eigenvalue weighted by molar-refractivity contribution is 5.89. The van der Waals surface area contributed by atoms with E-state index in [-0.39, 0.29) is 11.8 Å². The van der Waals surface area contributed by atoms with Gasteiger partial charge in [0.25, 0.3) is 0 Å². The molecule has 1 amide bonds. The summed E-state index contributed by atoms with van der Waals surface area (Å²) >= 11 is 0. The Hall–Kier alpha value is -1.06. The number of ether oxygens (including phenoxy) is 1. The molecular weight excluding hydrogens is 192 g/mol. The van der Waals surface area contributed by atoms with Crippen molar-refractivity contribution in [3.8, 4) is 0 Å². The van der Waals surface area contributed by atoms with E-state index in [0.717, 1.165) is 25.5 Å². The van der Waals surface area contributed by atoms with E-state index in [1.807, 2.05) is 4.90 Å². The lowest BCUT2D eigenvalue weighted by Crippen LogP contribution is -2.30. The topological polar surface area (TPSA) is 41.9 Å². The minimum Gasteiger partial charge on any atom is -0.479 e. The molecule has 0 N–H and O–H groups in total. The Morgan fingerprint density at radius 3 is 3.00 bits per heavy atom. The number of rotatable bonds is 3. The molecule has 2 aliphatic rings. The standard InChI is InChI=1S/C11H18N2O2/c1-8(2)6-13-7-9(5-10(13)14)11-12-3-4-15-11/h8-9H,3-7H2,1-2H3. The molecule has 1 fully saturated rings. The molecule has 4 nitrogen and oxygen atoms in total. The van der Waals surface area contributed by atoms with Crippen LogP contribution in [0.3, 0.4) is 0 Å². The minimum atomic E-state index is 0.207. The van der Waals surface area contributed by atoms with Crippen molar-refractivity contribution in [3.63, 3.8) is 0 Å². The molecular formula is C11H18N2O2. The molecule has 1 atom stereocenters. The first-order valence-corrected chi connectivity index (χ1v) is 5.61. The molecule has 84 valence electrons. The van der Waals surface area contributed by atoms with Crippen LogP contribution < -0.4 is 0 Å². The van der Waals surface area contributed by atoms with Crippen molar-refractivity contribution >= 4 is 11.8 Å². The highest BCUT2D eigenvalue weighted by Crippen LogP contribution is 2.22. The molecule has 2 rings (SSSR count). The predicted molar refractivity (Wildman–Crippen MR) is 57.8 cm³/mol. The van der Waals surface area contributed by atoms with Crippen molar-refractivity contribution in [1.29, 1.82) is 0 Å². The van der Waals surface area contributed by atoms with Crippen LogP contribution in [0.1, 0.15) is 20.3 Å². The van der Waals surface area contributed by atoms with E-state index in [9.17, 15) is 4.79 Å². The van der Waals surface area contributed by atoms with Crippen molar-refractivity contribution < 1.29 is 9.53 Å². The molecule has 2 aliphatic heterocycles. The average Bonchev–Trinajstić information content (AvgIpc) is 2.75. The number of hydrogen-bond donors (Lipinski definition) is 0. The number of nitrogens with zero attached hydrogens (tertiary/aromatic N) is 2. The van der Waals surface area contributed by atoms with Crippen LogP contribution >= 0.6 is 0 Å². The SMILES string of the molecule is CC(C)CN1CC(C2=NCCO2)CC1=O. The molecule has 1 saturated heterocycles. The maximum Gasteiger partial charge on any atom is 0.223 e. The fourth-order valence-corrected chi connectivity index (χ4v) is 2.15. The van der Waals surface area contributed by atoms with Gasteiger partial charge in [0, 0.05) is 19.5 Å². The second kappa shape index (κ2) is 4.21. The second-order valence-electron chi connectivity index (χ2n) is 4.66. The molecule has 0 aliphatic carbocycles. The van der Waals surface area contributed by atoms with Gasteiger partial charge in [-0.15, -0.1) is 0 Å². The van der Waals surface area contributed by atoms with Crippen molar-refractivity contribution in [2.75, 3.05) is 26.2 Å². The van der Waals surface area contributed by atoms with Crippen molar-refractivity contribution in [2.45, 2.75) is 20.3 Å². The van der Waals surface area contributed by atoms with Gasteiger partial charge in [0.1, 0.15) is 6.61 Å². The quantitative estimate of drug-likeness (QED) is 0.695. The predicted octanol–water partition coefficient (Wildman–Crippen LogP) is 0.920. The highest BCUT2D eigenvalue weighted by atomic mass is 16.5. The van der Waals surface area contributed by atoms with E-state index >= 15 is 0 Å². The maximum atomic E-state index is 11.7. The first-order valence-electron chi connectivity index (χ1n) is 5.61. The van der Waals surface area contributed by atoms with Gasteiger partial charge in [-0.05, 0) is 5.92 Å². The van der Waals surface area contributed by atoms with Crippen LogP contribution in [-0.4, -0.2) is 42.9 Å². The second-order valence-corrected chi connectivity index (χ2v) is 4.66. The zero-order chi connectivity index (χ0) is 10.8. The van der Waals surface area contributed by atoms with Crippen molar-refractivity contribution in [3.05, 3.63) is 0 Å². The zero-order valence-electron chi connectivity index (χ0n) is 9.40. The van der Waals surface area contributed by atoms with Gasteiger partial charge in [-0.1, -0.05) is 13.8 Å². The smallest absolute Gasteiger partial charge is 0.223 e. The molecule has 15 heavy (non-hydrogen) atoms. The summed E-state index contributed by atoms with van der Waals surface area (Å²) in [6.07, 6.45) is 0.575. The first-order chi connectivity index (χ1) is 7.16. The van der Waals surface area contributed by atoms with Gasteiger partial charge in [-0.2, -0.15) is 0 Å². The summed E-state index contributed by atoms with van der Waals surface area (Å²) in [4.78, 5) is 17.9. The van der Waals surface area contributed by atoms with Crippen molar-refractivity contribution in [2.24, 2.45) is 16.8 Å². The van der Waals surface area contributed by atoms with Crippen LogP contribution in [0.5, 0.6) is 0 Å². The molecule has 1 unspecified atom stereocenters. The van der Waals surface area contributed by atoms with Gasteiger partial charge in [-0.3, -0.25) is 9.79 Å². The van der Waals surface area contributed by atoms with Crippen LogP contribution in [-0.2, 0) is 9.53 Å². The van der Waals surface area contributed by atoms with Gasteiger partial charge in [-0.25, -0.2) is 0 Å². The Morgan fingerprint density at radius 2 is 2.40 bits per heavy atom. The highest BCUT2D eigenvalue weighted by Gasteiger charge is 2.34. The summed E-state index contributed by atoms with van der Waals surface area (Å²) < 4.78 is 5.41. The van der Waals surface area contributed by atoms with Gasteiger partial charge in [0.05, 0.1) is 12.5 Å². The largest absolute Gasteiger partial charge is 0.479 e. The third kappa shape index (κ3) is 2.30. The fraction of sp³-hybridized carbons (Fsp3) is 0.818. The molecule has 0 aromatic heterocycles. The van der Waals surface area contributed by atoms with E-state index in [1.54, 1.807) is 0 Å². The number of carbonyl (C=O) groups is 1. The lowest BCUT2D eigenvalue weighted by atomic mass is 10.1. The summed E-state index contributed by atoms with van der Waals surface area (Å²) in [5.74, 6) is 1.78. The normalized spacial score (nSPS) is 26.1. The number of amides is 1. The summed E-state index contributed by atoms with van der Waals surface area (Å²) in [6, 6.07) is 0. The lowest BCUT2D eigenvalue weighted by molar-refractivity contribution is -0.128.